The zero-order valence-corrected chi connectivity index (χ0v) is 17.3. The van der Waals surface area contributed by atoms with Crippen LogP contribution >= 0.6 is 0 Å². The van der Waals surface area contributed by atoms with Crippen LogP contribution in [-0.4, -0.2) is 14.7 Å². The predicted molar refractivity (Wildman–Crippen MR) is 106 cm³/mol. The van der Waals surface area contributed by atoms with E-state index in [1.807, 2.05) is 12.1 Å². The molecule has 2 aromatic carbocycles. The molecule has 0 aromatic heterocycles. The third kappa shape index (κ3) is 4.72. The molecule has 0 N–H and O–H groups in total. The summed E-state index contributed by atoms with van der Waals surface area (Å²) in [5.74, 6) is 0. The summed E-state index contributed by atoms with van der Waals surface area (Å²) in [6, 6.07) is 14.0. The Kier molecular flexibility index (Phi) is 5.21. The van der Waals surface area contributed by atoms with Gasteiger partial charge in [-0.25, -0.2) is 8.42 Å². The van der Waals surface area contributed by atoms with E-state index in [1.54, 1.807) is 12.1 Å². The lowest BCUT2D eigenvalue weighted by Crippen LogP contribution is -2.21. The third-order valence-corrected chi connectivity index (χ3v) is 5.95. The van der Waals surface area contributed by atoms with Gasteiger partial charge in [-0.1, -0.05) is 65.0 Å². The van der Waals surface area contributed by atoms with Crippen LogP contribution in [0.2, 0.25) is 0 Å². The van der Waals surface area contributed by atoms with Gasteiger partial charge in [0.2, 0.25) is 0 Å². The Bertz CT molecular complexity index is 852. The zero-order chi connectivity index (χ0) is 19.0. The molecule has 0 heterocycles. The molecule has 0 amide bonds. The van der Waals surface area contributed by atoms with Gasteiger partial charge >= 0.3 is 0 Å². The van der Waals surface area contributed by atoms with Gasteiger partial charge in [0, 0.05) is 6.26 Å². The summed E-state index contributed by atoms with van der Waals surface area (Å²) >= 11 is 0. The second kappa shape index (κ2) is 6.60. The standard InChI is InChI=1S/C22H30O2S/c1-16-8-9-17(14-20(16)21(2,3)4)15-22(5,6)18-10-12-19(13-11-18)25(7,23)24/h8-14H,15H2,1-7H3. The van der Waals surface area contributed by atoms with Gasteiger partial charge in [-0.15, -0.1) is 0 Å². The molecule has 3 heteroatoms. The van der Waals surface area contributed by atoms with Crippen LogP contribution in [0, 0.1) is 6.92 Å². The normalized spacial score (nSPS) is 13.1. The number of rotatable bonds is 4. The monoisotopic (exact) mass is 358 g/mol. The largest absolute Gasteiger partial charge is 0.224 e. The highest BCUT2D eigenvalue weighted by Crippen LogP contribution is 2.32. The second-order valence-electron chi connectivity index (χ2n) is 8.76. The van der Waals surface area contributed by atoms with Crippen molar-refractivity contribution >= 4 is 9.84 Å². The first kappa shape index (κ1) is 19.7. The summed E-state index contributed by atoms with van der Waals surface area (Å²) in [4.78, 5) is 0.373. The van der Waals surface area contributed by atoms with Crippen molar-refractivity contribution in [2.24, 2.45) is 0 Å². The fraction of sp³-hybridized carbons (Fsp3) is 0.455. The first-order chi connectivity index (χ1) is 11.3. The van der Waals surface area contributed by atoms with Crippen LogP contribution in [-0.2, 0) is 27.1 Å². The highest BCUT2D eigenvalue weighted by Gasteiger charge is 2.23. The average molecular weight is 359 g/mol. The SMILES string of the molecule is Cc1ccc(CC(C)(C)c2ccc(S(C)(=O)=O)cc2)cc1C(C)(C)C. The van der Waals surface area contributed by atoms with Crippen LogP contribution in [0.15, 0.2) is 47.4 Å². The minimum absolute atomic E-state index is 0.0690. The molecule has 0 radical (unpaired) electrons. The van der Waals surface area contributed by atoms with E-state index in [9.17, 15) is 8.42 Å². The summed E-state index contributed by atoms with van der Waals surface area (Å²) in [7, 11) is -3.15. The molecule has 0 saturated heterocycles. The van der Waals surface area contributed by atoms with Crippen LogP contribution in [0.5, 0.6) is 0 Å². The van der Waals surface area contributed by atoms with E-state index in [2.05, 4.69) is 59.7 Å². The highest BCUT2D eigenvalue weighted by molar-refractivity contribution is 7.90. The van der Waals surface area contributed by atoms with Crippen LogP contribution in [0.25, 0.3) is 0 Å². The van der Waals surface area contributed by atoms with Crippen molar-refractivity contribution in [1.82, 2.24) is 0 Å². The Hall–Kier alpha value is -1.61. The Balaban J connectivity index is 2.33. The number of hydrogen-bond donors (Lipinski definition) is 0. The lowest BCUT2D eigenvalue weighted by molar-refractivity contribution is 0.519. The van der Waals surface area contributed by atoms with Crippen molar-refractivity contribution in [2.75, 3.05) is 6.26 Å². The first-order valence-electron chi connectivity index (χ1n) is 8.71. The van der Waals surface area contributed by atoms with E-state index in [0.29, 0.717) is 4.90 Å². The summed E-state index contributed by atoms with van der Waals surface area (Å²) in [5, 5.41) is 0. The number of sulfone groups is 1. The van der Waals surface area contributed by atoms with Gasteiger partial charge < -0.3 is 0 Å². The minimum atomic E-state index is -3.15. The lowest BCUT2D eigenvalue weighted by atomic mass is 9.77. The molecule has 0 aliphatic heterocycles. The summed E-state index contributed by atoms with van der Waals surface area (Å²) in [6.45, 7) is 13.3. The molecule has 0 bridgehead atoms. The predicted octanol–water partition coefficient (Wildman–Crippen LogP) is 5.22. The quantitative estimate of drug-likeness (QED) is 0.751. The molecule has 25 heavy (non-hydrogen) atoms. The Labute approximate surface area is 153 Å². The number of aryl methyl sites for hydroxylation is 1. The first-order valence-corrected chi connectivity index (χ1v) is 10.6. The van der Waals surface area contributed by atoms with Crippen molar-refractivity contribution in [1.29, 1.82) is 0 Å². The van der Waals surface area contributed by atoms with E-state index in [0.717, 1.165) is 12.0 Å². The van der Waals surface area contributed by atoms with Gasteiger partial charge in [0.25, 0.3) is 0 Å². The molecule has 2 rings (SSSR count). The highest BCUT2D eigenvalue weighted by atomic mass is 32.2. The summed E-state index contributed by atoms with van der Waals surface area (Å²) in [5.41, 5.74) is 5.23. The summed E-state index contributed by atoms with van der Waals surface area (Å²) in [6.07, 6.45) is 2.15. The molecular weight excluding hydrogens is 328 g/mol. The van der Waals surface area contributed by atoms with Gasteiger partial charge in [0.15, 0.2) is 9.84 Å². The van der Waals surface area contributed by atoms with E-state index in [-0.39, 0.29) is 10.8 Å². The molecule has 2 aromatic rings. The zero-order valence-electron chi connectivity index (χ0n) is 16.5. The Morgan fingerprint density at radius 1 is 0.880 bits per heavy atom. The fourth-order valence-electron chi connectivity index (χ4n) is 3.35. The van der Waals surface area contributed by atoms with E-state index in [1.165, 1.54) is 22.9 Å². The molecule has 0 unspecified atom stereocenters. The van der Waals surface area contributed by atoms with Gasteiger partial charge in [-0.05, 0) is 58.6 Å². The molecule has 0 spiro atoms. The smallest absolute Gasteiger partial charge is 0.175 e. The van der Waals surface area contributed by atoms with Gasteiger partial charge in [0.05, 0.1) is 4.90 Å². The maximum Gasteiger partial charge on any atom is 0.175 e. The van der Waals surface area contributed by atoms with Crippen LogP contribution in [0.3, 0.4) is 0 Å². The molecule has 0 atom stereocenters. The second-order valence-corrected chi connectivity index (χ2v) is 10.8. The molecule has 0 aliphatic rings. The maximum absolute atomic E-state index is 11.6. The van der Waals surface area contributed by atoms with Gasteiger partial charge in [-0.2, -0.15) is 0 Å². The van der Waals surface area contributed by atoms with Crippen molar-refractivity contribution in [2.45, 2.75) is 63.7 Å². The lowest BCUT2D eigenvalue weighted by Gasteiger charge is -2.28. The van der Waals surface area contributed by atoms with Crippen molar-refractivity contribution < 1.29 is 8.42 Å². The van der Waals surface area contributed by atoms with Crippen molar-refractivity contribution in [3.05, 3.63) is 64.7 Å². The van der Waals surface area contributed by atoms with Crippen molar-refractivity contribution in [3.8, 4) is 0 Å². The maximum atomic E-state index is 11.6. The number of hydrogen-bond acceptors (Lipinski definition) is 2. The Morgan fingerprint density at radius 3 is 1.92 bits per heavy atom. The van der Waals surface area contributed by atoms with Gasteiger partial charge in [-0.3, -0.25) is 0 Å². The van der Waals surface area contributed by atoms with Crippen molar-refractivity contribution in [3.63, 3.8) is 0 Å². The van der Waals surface area contributed by atoms with Gasteiger partial charge in [0.1, 0.15) is 0 Å². The third-order valence-electron chi connectivity index (χ3n) is 4.82. The topological polar surface area (TPSA) is 34.1 Å². The molecule has 2 nitrogen and oxygen atoms in total. The Morgan fingerprint density at radius 2 is 1.44 bits per heavy atom. The molecule has 0 fully saturated rings. The van der Waals surface area contributed by atoms with E-state index >= 15 is 0 Å². The van der Waals surface area contributed by atoms with Crippen LogP contribution in [0.1, 0.15) is 56.9 Å². The molecular formula is C22H30O2S. The van der Waals surface area contributed by atoms with Crippen LogP contribution < -0.4 is 0 Å². The number of benzene rings is 2. The molecule has 0 aliphatic carbocycles. The fourth-order valence-corrected chi connectivity index (χ4v) is 3.98. The molecule has 136 valence electrons. The molecule has 0 saturated carbocycles. The average Bonchev–Trinajstić information content (AvgIpc) is 2.47. The van der Waals surface area contributed by atoms with E-state index < -0.39 is 9.84 Å². The summed E-state index contributed by atoms with van der Waals surface area (Å²) < 4.78 is 23.3. The van der Waals surface area contributed by atoms with E-state index in [4.69, 9.17) is 0 Å². The minimum Gasteiger partial charge on any atom is -0.224 e. The van der Waals surface area contributed by atoms with Crippen LogP contribution in [0.4, 0.5) is 0 Å².